The van der Waals surface area contributed by atoms with E-state index < -0.39 is 34.9 Å². The summed E-state index contributed by atoms with van der Waals surface area (Å²) in [6.07, 6.45) is 0. The molecular formula is C16H16N9NaO6S3. The van der Waals surface area contributed by atoms with Crippen molar-refractivity contribution in [3.8, 4) is 0 Å². The zero-order valence-corrected chi connectivity index (χ0v) is 22.5. The zero-order valence-electron chi connectivity index (χ0n) is 18.0. The van der Waals surface area contributed by atoms with E-state index >= 15 is 0 Å². The Bertz CT molecular complexity index is 1200. The number of fused-ring (bicyclic) bond motifs is 1. The van der Waals surface area contributed by atoms with E-state index in [1.165, 1.54) is 21.8 Å². The number of carbonyl (C=O) groups is 3. The molecule has 5 N–H and O–H groups in total. The van der Waals surface area contributed by atoms with Gasteiger partial charge in [0.15, 0.2) is 10.8 Å². The molecular weight excluding hydrogens is 533 g/mol. The van der Waals surface area contributed by atoms with Gasteiger partial charge in [-0.1, -0.05) is 16.9 Å². The molecule has 2 aromatic rings. The quantitative estimate of drug-likeness (QED) is 0.0571. The number of aliphatic carboxylic acids is 1. The van der Waals surface area contributed by atoms with Gasteiger partial charge < -0.3 is 31.3 Å². The van der Waals surface area contributed by atoms with Gasteiger partial charge in [0.2, 0.25) is 5.16 Å². The minimum absolute atomic E-state index is 0. The van der Waals surface area contributed by atoms with Crippen LogP contribution in [0.4, 0.5) is 5.13 Å². The second kappa shape index (κ2) is 11.7. The molecule has 0 spiro atoms. The fourth-order valence-corrected chi connectivity index (χ4v) is 6.22. The maximum atomic E-state index is 12.8. The average Bonchev–Trinajstić information content (AvgIpc) is 3.44. The van der Waals surface area contributed by atoms with Crippen molar-refractivity contribution in [2.45, 2.75) is 23.1 Å². The Hall–Kier alpha value is -2.22. The van der Waals surface area contributed by atoms with Gasteiger partial charge in [0, 0.05) is 16.9 Å². The molecule has 19 heteroatoms. The molecule has 0 bridgehead atoms. The number of tetrazole rings is 1. The number of aromatic nitrogens is 5. The van der Waals surface area contributed by atoms with Gasteiger partial charge in [-0.15, -0.1) is 28.2 Å². The minimum atomic E-state index is -1.52. The SMILES string of the molecule is Nc1nc(C(=NO)C(=O)NC2C(=O)N3C(C(=O)[O-])=C(CSc4nnnn4CCO)CS[C@H]23)cs1.[Na+]. The van der Waals surface area contributed by atoms with Crippen LogP contribution in [0.15, 0.2) is 27.0 Å². The Morgan fingerprint density at radius 2 is 2.20 bits per heavy atom. The predicted octanol–water partition coefficient (Wildman–Crippen LogP) is -5.92. The fourth-order valence-electron chi connectivity index (χ4n) is 3.29. The molecule has 0 aliphatic carbocycles. The van der Waals surface area contributed by atoms with Crippen LogP contribution in [-0.4, -0.2) is 93.4 Å². The maximum absolute atomic E-state index is 12.8. The second-order valence-corrected chi connectivity index (χ2v) is 9.75. The standard InChI is InChI=1S/C16H17N9O6S3.Na/c17-15-18-7(5-33-15)8(21-31)11(27)19-9-12(28)25-10(14(29)30)6(3-32-13(9)25)4-34-16-20-22-23-24(16)1-2-26;/h5,9,13,26,31H,1-4H2,(H2,17,18)(H,19,27)(H,29,30);/q;+1/p-1/t9?,13-;/m1./s1. The van der Waals surface area contributed by atoms with Crippen LogP contribution in [0.3, 0.4) is 0 Å². The van der Waals surface area contributed by atoms with E-state index in [1.807, 2.05) is 0 Å². The maximum Gasteiger partial charge on any atom is 1.00 e. The molecule has 2 aromatic heterocycles. The van der Waals surface area contributed by atoms with Crippen molar-refractivity contribution in [2.24, 2.45) is 5.16 Å². The second-order valence-electron chi connectivity index (χ2n) is 6.82. The molecule has 4 rings (SSSR count). The fraction of sp³-hybridized carbons (Fsp3) is 0.375. The number of aliphatic hydroxyl groups excluding tert-OH is 1. The summed E-state index contributed by atoms with van der Waals surface area (Å²) in [4.78, 5) is 42.2. The smallest absolute Gasteiger partial charge is 0.543 e. The summed E-state index contributed by atoms with van der Waals surface area (Å²) in [5, 5.41) is 48.0. The van der Waals surface area contributed by atoms with Gasteiger partial charge in [-0.3, -0.25) is 14.5 Å². The number of nitrogens with zero attached hydrogens (tertiary/aromatic N) is 7. The van der Waals surface area contributed by atoms with Gasteiger partial charge in [-0.25, -0.2) is 9.67 Å². The number of aliphatic hydroxyl groups is 1. The van der Waals surface area contributed by atoms with Crippen LogP contribution in [0.25, 0.3) is 0 Å². The molecule has 1 unspecified atom stereocenters. The first kappa shape index (κ1) is 27.4. The summed E-state index contributed by atoms with van der Waals surface area (Å²) in [5.74, 6) is -2.61. The molecule has 180 valence electrons. The van der Waals surface area contributed by atoms with Gasteiger partial charge in [-0.2, -0.15) is 0 Å². The van der Waals surface area contributed by atoms with Crippen molar-refractivity contribution in [3.63, 3.8) is 0 Å². The van der Waals surface area contributed by atoms with E-state index in [0.717, 1.165) is 28.0 Å². The number of carboxylic acid groups (broad SMARTS) is 1. The number of anilines is 1. The number of hydrogen-bond donors (Lipinski definition) is 4. The van der Waals surface area contributed by atoms with E-state index in [-0.39, 0.29) is 70.7 Å². The van der Waals surface area contributed by atoms with Gasteiger partial charge in [0.1, 0.15) is 17.1 Å². The molecule has 1 saturated heterocycles. The van der Waals surface area contributed by atoms with Crippen LogP contribution >= 0.6 is 34.9 Å². The van der Waals surface area contributed by atoms with E-state index in [0.29, 0.717) is 10.7 Å². The first-order chi connectivity index (χ1) is 16.3. The van der Waals surface area contributed by atoms with E-state index in [2.05, 4.69) is 31.0 Å². The molecule has 35 heavy (non-hydrogen) atoms. The number of thioether (sulfide) groups is 2. The number of nitrogens with two attached hydrogens (primary N) is 1. The number of nitrogen functional groups attached to an aromatic ring is 1. The predicted molar refractivity (Wildman–Crippen MR) is 118 cm³/mol. The number of rotatable bonds is 9. The number of carbonyl (C=O) groups excluding carboxylic acids is 3. The van der Waals surface area contributed by atoms with Gasteiger partial charge in [0.05, 0.1) is 24.8 Å². The molecule has 2 atom stereocenters. The molecule has 2 aliphatic heterocycles. The van der Waals surface area contributed by atoms with Crippen LogP contribution < -0.4 is 45.7 Å². The molecule has 0 radical (unpaired) electrons. The van der Waals surface area contributed by atoms with Crippen LogP contribution in [-0.2, 0) is 20.9 Å². The number of amides is 2. The van der Waals surface area contributed by atoms with Gasteiger partial charge >= 0.3 is 29.6 Å². The molecule has 2 amide bonds. The molecule has 1 fully saturated rings. The minimum Gasteiger partial charge on any atom is -0.543 e. The van der Waals surface area contributed by atoms with E-state index in [4.69, 9.17) is 10.8 Å². The first-order valence-corrected chi connectivity index (χ1v) is 12.4. The third-order valence-electron chi connectivity index (χ3n) is 4.79. The first-order valence-electron chi connectivity index (χ1n) is 9.47. The Morgan fingerprint density at radius 1 is 1.43 bits per heavy atom. The molecule has 4 heterocycles. The molecule has 2 aliphatic rings. The van der Waals surface area contributed by atoms with Gasteiger partial charge in [-0.05, 0) is 16.0 Å². The largest absolute Gasteiger partial charge is 1.00 e. The van der Waals surface area contributed by atoms with E-state index in [9.17, 15) is 24.7 Å². The van der Waals surface area contributed by atoms with E-state index in [1.54, 1.807) is 0 Å². The summed E-state index contributed by atoms with van der Waals surface area (Å²) in [6, 6.07) is -1.04. The summed E-state index contributed by atoms with van der Waals surface area (Å²) < 4.78 is 1.37. The summed E-state index contributed by atoms with van der Waals surface area (Å²) in [5.41, 5.74) is 5.32. The zero-order chi connectivity index (χ0) is 24.4. The van der Waals surface area contributed by atoms with Crippen molar-refractivity contribution in [1.82, 2.24) is 35.4 Å². The third-order valence-corrected chi connectivity index (χ3v) is 7.85. The number of hydrogen-bond acceptors (Lipinski definition) is 15. The number of β-lactam (4-membered cyclic amide) rings is 1. The Kier molecular flexibility index (Phi) is 9.13. The number of thiazole rings is 1. The van der Waals surface area contributed by atoms with Crippen LogP contribution in [0.5, 0.6) is 0 Å². The molecule has 0 aromatic carbocycles. The van der Waals surface area contributed by atoms with Crippen molar-refractivity contribution in [1.29, 1.82) is 0 Å². The Morgan fingerprint density at radius 3 is 2.83 bits per heavy atom. The van der Waals surface area contributed by atoms with Crippen LogP contribution in [0, 0.1) is 0 Å². The van der Waals surface area contributed by atoms with Crippen LogP contribution in [0.1, 0.15) is 5.69 Å². The average molecular weight is 550 g/mol. The number of oxime groups is 1. The monoisotopic (exact) mass is 549 g/mol. The molecule has 15 nitrogen and oxygen atoms in total. The summed E-state index contributed by atoms with van der Waals surface area (Å²) in [6.45, 7) is 0.00817. The third kappa shape index (κ3) is 5.47. The van der Waals surface area contributed by atoms with Gasteiger partial charge in [0.25, 0.3) is 11.8 Å². The molecule has 0 saturated carbocycles. The normalized spacial score (nSPS) is 19.6. The Balaban J connectivity index is 0.00000342. The van der Waals surface area contributed by atoms with Crippen LogP contribution in [0.2, 0.25) is 0 Å². The van der Waals surface area contributed by atoms with Crippen molar-refractivity contribution in [2.75, 3.05) is 23.8 Å². The number of nitrogens with one attached hydrogen (secondary N) is 1. The van der Waals surface area contributed by atoms with Crippen molar-refractivity contribution in [3.05, 3.63) is 22.3 Å². The Labute approximate surface area is 231 Å². The number of carboxylic acids is 1. The van der Waals surface area contributed by atoms with Crippen molar-refractivity contribution < 1.29 is 59.4 Å². The summed E-state index contributed by atoms with van der Waals surface area (Å²) in [7, 11) is 0. The van der Waals surface area contributed by atoms with Crippen molar-refractivity contribution >= 4 is 63.5 Å². The summed E-state index contributed by atoms with van der Waals surface area (Å²) >= 11 is 3.46. The topological polar surface area (TPSA) is 225 Å².